The topological polar surface area (TPSA) is 159 Å². The summed E-state index contributed by atoms with van der Waals surface area (Å²) in [7, 11) is 0. The molecule has 1 atom stereocenters. The summed E-state index contributed by atoms with van der Waals surface area (Å²) in [4.78, 5) is 37.4. The van der Waals surface area contributed by atoms with Crippen LogP contribution in [0.25, 0.3) is 11.3 Å². The van der Waals surface area contributed by atoms with Crippen LogP contribution in [0.4, 0.5) is 5.69 Å². The highest BCUT2D eigenvalue weighted by Crippen LogP contribution is 2.31. The predicted octanol–water partition coefficient (Wildman–Crippen LogP) is 3.58. The number of nitrogens with one attached hydrogen (secondary N) is 3. The van der Waals surface area contributed by atoms with Crippen LogP contribution in [0, 0.1) is 0 Å². The van der Waals surface area contributed by atoms with E-state index >= 15 is 0 Å². The monoisotopic (exact) mass is 607 g/mol. The third-order valence-corrected chi connectivity index (χ3v) is 6.24. The van der Waals surface area contributed by atoms with E-state index in [-0.39, 0.29) is 50.6 Å². The lowest BCUT2D eigenvalue weighted by molar-refractivity contribution is -0.126. The normalized spacial score (nSPS) is 11.7. The molecule has 1 aromatic heterocycles. The van der Waals surface area contributed by atoms with Crippen LogP contribution in [0.5, 0.6) is 0 Å². The Hall–Kier alpha value is -3.45. The molecule has 0 saturated heterocycles. The number of carbonyl (C=O) groups excluding carboxylic acids is 2. The minimum absolute atomic E-state index is 0.0714. The number of hydrogen-bond donors (Lipinski definition) is 5. The van der Waals surface area contributed by atoms with Gasteiger partial charge >= 0.3 is 5.97 Å². The fourth-order valence-corrected chi connectivity index (χ4v) is 4.07. The molecule has 0 aliphatic rings. The Balaban J connectivity index is 1.63. The molecule has 11 nitrogen and oxygen atoms in total. The first kappa shape index (κ1) is 32.1. The molecule has 41 heavy (non-hydrogen) atoms. The average molecular weight is 608 g/mol. The smallest absolute Gasteiger partial charge is 0.337 e. The quantitative estimate of drug-likeness (QED) is 0.144. The maximum absolute atomic E-state index is 13.2. The second-order valence-corrected chi connectivity index (χ2v) is 9.51. The number of rotatable bonds is 17. The maximum Gasteiger partial charge on any atom is 0.337 e. The van der Waals surface area contributed by atoms with Crippen LogP contribution in [0.15, 0.2) is 59.0 Å². The van der Waals surface area contributed by atoms with Crippen molar-refractivity contribution in [2.75, 3.05) is 44.9 Å². The van der Waals surface area contributed by atoms with Gasteiger partial charge in [-0.2, -0.15) is 0 Å². The Bertz CT molecular complexity index is 1320. The first-order chi connectivity index (χ1) is 19.8. The van der Waals surface area contributed by atoms with Crippen LogP contribution in [-0.2, 0) is 25.6 Å². The van der Waals surface area contributed by atoms with Crippen molar-refractivity contribution in [2.24, 2.45) is 0 Å². The predicted molar refractivity (Wildman–Crippen MR) is 153 cm³/mol. The second kappa shape index (κ2) is 16.7. The Kier molecular flexibility index (Phi) is 13.1. The molecule has 0 saturated carbocycles. The van der Waals surface area contributed by atoms with E-state index in [1.165, 1.54) is 12.1 Å². The number of carbonyl (C=O) groups is 3. The van der Waals surface area contributed by atoms with Gasteiger partial charge in [-0.05, 0) is 42.5 Å². The van der Waals surface area contributed by atoms with Gasteiger partial charge in [0.05, 0.1) is 68.3 Å². The number of aromatic carboxylic acids is 1. The highest BCUT2D eigenvalue weighted by Gasteiger charge is 2.24. The van der Waals surface area contributed by atoms with E-state index < -0.39 is 23.8 Å². The Labute approximate surface area is 246 Å². The number of furan rings is 1. The number of aliphatic hydroxyl groups excluding tert-OH is 1. The van der Waals surface area contributed by atoms with E-state index in [9.17, 15) is 19.5 Å². The van der Waals surface area contributed by atoms with Crippen molar-refractivity contribution >= 4 is 46.7 Å². The summed E-state index contributed by atoms with van der Waals surface area (Å²) in [6.45, 7) is 1.29. The van der Waals surface area contributed by atoms with E-state index in [2.05, 4.69) is 16.0 Å². The van der Waals surface area contributed by atoms with Crippen LogP contribution >= 0.6 is 23.2 Å². The SMILES string of the molecule is O=C(CC(NCc1ccc(-c2cc(Cl)ccc2Cl)o1)C(=O)Nc1ccccc1C(=O)O)NCCOCCOCCO. The number of hydrogen-bond acceptors (Lipinski definition) is 8. The molecule has 3 rings (SSSR count). The molecule has 2 aromatic carbocycles. The molecule has 0 bridgehead atoms. The minimum Gasteiger partial charge on any atom is -0.478 e. The summed E-state index contributed by atoms with van der Waals surface area (Å²) in [5.41, 5.74) is 0.620. The standard InChI is InChI=1S/C28H31Cl2N3O8/c29-18-5-7-22(30)21(15-18)25-8-6-19(41-25)17-32-24(16-26(35)31-9-11-39-13-14-40-12-10-34)27(36)33-23-4-2-1-3-20(23)28(37)38/h1-8,15,24,32,34H,9-14,16-17H2,(H,31,35)(H,33,36)(H,37,38). The summed E-state index contributed by atoms with van der Waals surface area (Å²) in [6.07, 6.45) is -0.242. The van der Waals surface area contributed by atoms with E-state index in [0.717, 1.165) is 0 Å². The van der Waals surface area contributed by atoms with Gasteiger partial charge in [0.25, 0.3) is 0 Å². The number of carboxylic acids is 1. The van der Waals surface area contributed by atoms with Crippen molar-refractivity contribution in [3.63, 3.8) is 0 Å². The molecule has 3 aromatic rings. The van der Waals surface area contributed by atoms with Gasteiger partial charge in [-0.1, -0.05) is 35.3 Å². The molecule has 0 radical (unpaired) electrons. The van der Waals surface area contributed by atoms with Crippen molar-refractivity contribution in [1.29, 1.82) is 0 Å². The molecule has 2 amide bonds. The van der Waals surface area contributed by atoms with E-state index in [1.807, 2.05) is 0 Å². The van der Waals surface area contributed by atoms with Gasteiger partial charge in [-0.15, -0.1) is 0 Å². The fourth-order valence-electron chi connectivity index (χ4n) is 3.69. The Morgan fingerprint density at radius 3 is 2.46 bits per heavy atom. The molecule has 0 aliphatic heterocycles. The lowest BCUT2D eigenvalue weighted by Crippen LogP contribution is -2.44. The number of benzene rings is 2. The van der Waals surface area contributed by atoms with Crippen LogP contribution in [-0.4, -0.2) is 73.6 Å². The first-order valence-corrected chi connectivity index (χ1v) is 13.5. The van der Waals surface area contributed by atoms with Gasteiger partial charge < -0.3 is 34.7 Å². The van der Waals surface area contributed by atoms with E-state index in [4.69, 9.17) is 42.2 Å². The fraction of sp³-hybridized carbons (Fsp3) is 0.321. The third kappa shape index (κ3) is 10.5. The van der Waals surface area contributed by atoms with Gasteiger partial charge in [0, 0.05) is 17.1 Å². The Morgan fingerprint density at radius 2 is 1.71 bits per heavy atom. The summed E-state index contributed by atoms with van der Waals surface area (Å²) in [5, 5.41) is 27.4. The van der Waals surface area contributed by atoms with Crippen molar-refractivity contribution in [1.82, 2.24) is 10.6 Å². The summed E-state index contributed by atoms with van der Waals surface area (Å²) < 4.78 is 16.3. The molecule has 0 spiro atoms. The zero-order valence-corrected chi connectivity index (χ0v) is 23.5. The molecule has 1 unspecified atom stereocenters. The zero-order chi connectivity index (χ0) is 29.6. The summed E-state index contributed by atoms with van der Waals surface area (Å²) >= 11 is 12.4. The summed E-state index contributed by atoms with van der Waals surface area (Å²) in [5.74, 6) is -1.28. The summed E-state index contributed by atoms with van der Waals surface area (Å²) in [6, 6.07) is 13.4. The molecule has 0 fully saturated rings. The minimum atomic E-state index is -1.20. The largest absolute Gasteiger partial charge is 0.478 e. The van der Waals surface area contributed by atoms with Crippen molar-refractivity contribution in [3.05, 3.63) is 76.0 Å². The molecule has 5 N–H and O–H groups in total. The number of para-hydroxylation sites is 1. The number of halogens is 2. The van der Waals surface area contributed by atoms with Crippen molar-refractivity contribution in [2.45, 2.75) is 19.0 Å². The maximum atomic E-state index is 13.2. The Morgan fingerprint density at radius 1 is 0.951 bits per heavy atom. The lowest BCUT2D eigenvalue weighted by Gasteiger charge is -2.18. The molecule has 13 heteroatoms. The number of amides is 2. The van der Waals surface area contributed by atoms with Crippen molar-refractivity contribution in [3.8, 4) is 11.3 Å². The molecule has 1 heterocycles. The van der Waals surface area contributed by atoms with Crippen molar-refractivity contribution < 1.29 is 38.5 Å². The highest BCUT2D eigenvalue weighted by molar-refractivity contribution is 6.35. The van der Waals surface area contributed by atoms with Crippen LogP contribution in [0.3, 0.4) is 0 Å². The average Bonchev–Trinajstić information content (AvgIpc) is 3.42. The van der Waals surface area contributed by atoms with E-state index in [0.29, 0.717) is 40.3 Å². The highest BCUT2D eigenvalue weighted by atomic mass is 35.5. The number of carboxylic acid groups (broad SMARTS) is 1. The zero-order valence-electron chi connectivity index (χ0n) is 22.0. The van der Waals surface area contributed by atoms with E-state index in [1.54, 1.807) is 42.5 Å². The number of anilines is 1. The molecular weight excluding hydrogens is 577 g/mol. The molecule has 220 valence electrons. The van der Waals surface area contributed by atoms with Crippen LogP contribution in [0.1, 0.15) is 22.5 Å². The number of ether oxygens (including phenoxy) is 2. The van der Waals surface area contributed by atoms with Gasteiger partial charge in [0.2, 0.25) is 11.8 Å². The van der Waals surface area contributed by atoms with Gasteiger partial charge in [0.15, 0.2) is 0 Å². The first-order valence-electron chi connectivity index (χ1n) is 12.7. The third-order valence-electron chi connectivity index (χ3n) is 5.68. The molecule has 0 aliphatic carbocycles. The van der Waals surface area contributed by atoms with Gasteiger partial charge in [0.1, 0.15) is 11.5 Å². The lowest BCUT2D eigenvalue weighted by atomic mass is 10.1. The van der Waals surface area contributed by atoms with Crippen LogP contribution in [0.2, 0.25) is 10.0 Å². The second-order valence-electron chi connectivity index (χ2n) is 8.67. The van der Waals surface area contributed by atoms with Gasteiger partial charge in [-0.25, -0.2) is 4.79 Å². The van der Waals surface area contributed by atoms with Gasteiger partial charge in [-0.3, -0.25) is 14.9 Å². The van der Waals surface area contributed by atoms with Crippen LogP contribution < -0.4 is 16.0 Å². The molecular formula is C28H31Cl2N3O8. The number of aliphatic hydroxyl groups is 1.